The van der Waals surface area contributed by atoms with Crippen LogP contribution in [-0.4, -0.2) is 79.8 Å². The molecule has 0 radical (unpaired) electrons. The van der Waals surface area contributed by atoms with Crippen LogP contribution in [0.15, 0.2) is 63.6 Å². The van der Waals surface area contributed by atoms with E-state index in [2.05, 4.69) is 15.3 Å². The van der Waals surface area contributed by atoms with Crippen LogP contribution in [0, 0.1) is 10.1 Å². The van der Waals surface area contributed by atoms with E-state index in [0.717, 1.165) is 11.8 Å². The summed E-state index contributed by atoms with van der Waals surface area (Å²) < 4.78 is 0. The summed E-state index contributed by atoms with van der Waals surface area (Å²) >= 11 is 1.22. The van der Waals surface area contributed by atoms with Gasteiger partial charge in [-0.05, 0) is 37.0 Å². The minimum atomic E-state index is -1.37. The van der Waals surface area contributed by atoms with Crippen molar-refractivity contribution in [3.63, 3.8) is 0 Å². The number of thioether (sulfide) groups is 1. The second-order valence-electron chi connectivity index (χ2n) is 9.87. The van der Waals surface area contributed by atoms with Crippen molar-refractivity contribution in [2.75, 3.05) is 17.3 Å². The fourth-order valence-corrected chi connectivity index (χ4v) is 5.93. The number of nitro benzene ring substituents is 1. The average Bonchev–Trinajstić information content (AvgIpc) is 3.56. The standard InChI is InChI=1S/C26H25N7O9S/c1-13(34)42-29-22(30-11-19(27)43-12-30)23(35)28-20-18-6-5-14(21(26(38)39)32(18)25(20)37)9-15-7-8-31(24(15)36)16-3-2-4-17(10-16)33(40)41/h2-4,9-11,18,20H,5-8,12,27H2,1H3,(H,28,35)(H,38,39)/b15-9+,29-22-/t18-,20+/m1/s1. The molecule has 1 aromatic rings. The lowest BCUT2D eigenvalue weighted by Crippen LogP contribution is -2.72. The van der Waals surface area contributed by atoms with Gasteiger partial charge in [0.15, 0.2) is 0 Å². The normalized spacial score (nSPS) is 22.8. The molecular weight excluding hydrogens is 586 g/mol. The minimum absolute atomic E-state index is 0.167. The molecule has 4 heterocycles. The Morgan fingerprint density at radius 3 is 2.70 bits per heavy atom. The van der Waals surface area contributed by atoms with E-state index in [-0.39, 0.29) is 54.5 Å². The van der Waals surface area contributed by atoms with Crippen LogP contribution >= 0.6 is 11.8 Å². The molecule has 43 heavy (non-hydrogen) atoms. The molecule has 17 heteroatoms. The molecule has 16 nitrogen and oxygen atoms in total. The molecule has 0 saturated carbocycles. The van der Waals surface area contributed by atoms with Crippen molar-refractivity contribution in [2.45, 2.75) is 38.3 Å². The van der Waals surface area contributed by atoms with E-state index in [1.807, 2.05) is 0 Å². The molecule has 1 aromatic carbocycles. The molecule has 0 aliphatic carbocycles. The third kappa shape index (κ3) is 5.66. The van der Waals surface area contributed by atoms with Gasteiger partial charge in [0.1, 0.15) is 11.7 Å². The molecule has 4 aliphatic heterocycles. The predicted octanol–water partition coefficient (Wildman–Crippen LogP) is 0.727. The number of aliphatic carboxylic acids is 1. The average molecular weight is 612 g/mol. The SMILES string of the molecule is CC(=O)O/N=C(/C(=O)N[C@@H]1C(=O)N2C(C(=O)O)=C(/C=C3\CCN(c4cccc([N+](=O)[O-])c4)C3=O)CC[C@H]12)N1C=C(N)SC1. The van der Waals surface area contributed by atoms with Gasteiger partial charge in [0, 0.05) is 37.4 Å². The molecule has 0 spiro atoms. The van der Waals surface area contributed by atoms with Crippen LogP contribution in [0.25, 0.3) is 0 Å². The van der Waals surface area contributed by atoms with Crippen molar-refractivity contribution in [2.24, 2.45) is 10.9 Å². The number of rotatable bonds is 6. The van der Waals surface area contributed by atoms with Crippen LogP contribution in [0.2, 0.25) is 0 Å². The Hall–Kier alpha value is -5.19. The number of nitro groups is 1. The van der Waals surface area contributed by atoms with E-state index in [9.17, 15) is 39.2 Å². The number of allylic oxidation sites excluding steroid dienone is 2. The number of amides is 3. The first kappa shape index (κ1) is 29.3. The number of amidine groups is 1. The maximum atomic E-state index is 13.2. The molecule has 2 fully saturated rings. The van der Waals surface area contributed by atoms with E-state index in [4.69, 9.17) is 5.73 Å². The summed E-state index contributed by atoms with van der Waals surface area (Å²) in [6, 6.07) is 3.92. The van der Waals surface area contributed by atoms with Crippen LogP contribution in [0.5, 0.6) is 0 Å². The number of nitrogens with two attached hydrogens (primary N) is 1. The first-order valence-corrected chi connectivity index (χ1v) is 13.9. The Morgan fingerprint density at radius 1 is 1.28 bits per heavy atom. The Bertz CT molecular complexity index is 1580. The highest BCUT2D eigenvalue weighted by molar-refractivity contribution is 8.03. The number of non-ortho nitro benzene ring substituents is 1. The van der Waals surface area contributed by atoms with Crippen molar-refractivity contribution >= 4 is 58.6 Å². The maximum Gasteiger partial charge on any atom is 0.352 e. The van der Waals surface area contributed by atoms with Gasteiger partial charge in [-0.2, -0.15) is 0 Å². The smallest absolute Gasteiger partial charge is 0.352 e. The molecule has 4 aliphatic rings. The third-order valence-corrected chi connectivity index (χ3v) is 8.02. The second kappa shape index (κ2) is 11.6. The van der Waals surface area contributed by atoms with Crippen molar-refractivity contribution in [1.29, 1.82) is 0 Å². The van der Waals surface area contributed by atoms with E-state index in [0.29, 0.717) is 16.3 Å². The van der Waals surface area contributed by atoms with E-state index >= 15 is 0 Å². The van der Waals surface area contributed by atoms with Crippen LogP contribution in [-0.2, 0) is 28.8 Å². The van der Waals surface area contributed by atoms with Crippen LogP contribution in [0.3, 0.4) is 0 Å². The van der Waals surface area contributed by atoms with E-state index < -0.39 is 46.7 Å². The Labute approximate surface area is 247 Å². The van der Waals surface area contributed by atoms with Gasteiger partial charge in [0.25, 0.3) is 23.4 Å². The number of hydrogen-bond donors (Lipinski definition) is 3. The fraction of sp³-hybridized carbons (Fsp3) is 0.308. The monoisotopic (exact) mass is 611 g/mol. The van der Waals surface area contributed by atoms with Crippen LogP contribution < -0.4 is 16.0 Å². The minimum Gasteiger partial charge on any atom is -0.477 e. The zero-order valence-electron chi connectivity index (χ0n) is 22.6. The number of carbonyl (C=O) groups excluding carboxylic acids is 4. The first-order valence-electron chi connectivity index (χ1n) is 13.0. The molecule has 224 valence electrons. The highest BCUT2D eigenvalue weighted by Crippen LogP contribution is 2.38. The number of carboxylic acids is 1. The Balaban J connectivity index is 1.34. The zero-order chi connectivity index (χ0) is 31.0. The number of carbonyl (C=O) groups is 5. The highest BCUT2D eigenvalue weighted by Gasteiger charge is 2.53. The van der Waals surface area contributed by atoms with Crippen molar-refractivity contribution < 1.29 is 38.8 Å². The quantitative estimate of drug-likeness (QED) is 0.0771. The van der Waals surface area contributed by atoms with Crippen molar-refractivity contribution in [1.82, 2.24) is 15.1 Å². The van der Waals surface area contributed by atoms with Gasteiger partial charge in [0.2, 0.25) is 5.84 Å². The molecule has 0 bridgehead atoms. The van der Waals surface area contributed by atoms with Gasteiger partial charge >= 0.3 is 11.9 Å². The number of benzene rings is 1. The summed E-state index contributed by atoms with van der Waals surface area (Å²) in [5, 5.41) is 27.7. The number of fused-ring (bicyclic) bond motifs is 1. The number of anilines is 1. The van der Waals surface area contributed by atoms with Crippen LogP contribution in [0.4, 0.5) is 11.4 Å². The summed E-state index contributed by atoms with van der Waals surface area (Å²) in [6.07, 6.45) is 3.65. The topological polar surface area (TPSA) is 218 Å². The first-order chi connectivity index (χ1) is 20.5. The van der Waals surface area contributed by atoms with Gasteiger partial charge in [-0.3, -0.25) is 29.4 Å². The molecular formula is C26H25N7O9S. The summed E-state index contributed by atoms with van der Waals surface area (Å²) in [4.78, 5) is 82.0. The maximum absolute atomic E-state index is 13.2. The lowest BCUT2D eigenvalue weighted by atomic mass is 9.83. The van der Waals surface area contributed by atoms with Crippen molar-refractivity contribution in [3.8, 4) is 0 Å². The highest BCUT2D eigenvalue weighted by atomic mass is 32.2. The third-order valence-electron chi connectivity index (χ3n) is 7.18. The molecule has 2 atom stereocenters. The predicted molar refractivity (Wildman–Crippen MR) is 150 cm³/mol. The lowest BCUT2D eigenvalue weighted by molar-refractivity contribution is -0.384. The number of hydrogen-bond acceptors (Lipinski definition) is 11. The lowest BCUT2D eigenvalue weighted by Gasteiger charge is -2.50. The second-order valence-corrected chi connectivity index (χ2v) is 10.9. The Morgan fingerprint density at radius 2 is 2.05 bits per heavy atom. The van der Waals surface area contributed by atoms with Gasteiger partial charge in [-0.15, -0.1) is 0 Å². The molecule has 0 unspecified atom stereocenters. The Kier molecular flexibility index (Phi) is 7.90. The largest absolute Gasteiger partial charge is 0.477 e. The molecule has 5 rings (SSSR count). The summed E-state index contributed by atoms with van der Waals surface area (Å²) in [6.45, 7) is 1.35. The zero-order valence-corrected chi connectivity index (χ0v) is 23.4. The number of carboxylic acid groups (broad SMARTS) is 1. The summed E-state index contributed by atoms with van der Waals surface area (Å²) in [5.74, 6) is -4.14. The fourth-order valence-electron chi connectivity index (χ4n) is 5.24. The molecule has 3 amide bonds. The van der Waals surface area contributed by atoms with Gasteiger partial charge in [-0.1, -0.05) is 23.0 Å². The van der Waals surface area contributed by atoms with Gasteiger partial charge in [-0.25, -0.2) is 9.59 Å². The summed E-state index contributed by atoms with van der Waals surface area (Å²) in [5.41, 5.74) is 6.23. The summed E-state index contributed by atoms with van der Waals surface area (Å²) in [7, 11) is 0. The van der Waals surface area contributed by atoms with Crippen molar-refractivity contribution in [3.05, 3.63) is 68.5 Å². The molecule has 0 aromatic heterocycles. The van der Waals surface area contributed by atoms with E-state index in [1.165, 1.54) is 52.0 Å². The number of nitrogens with one attached hydrogen (secondary N) is 1. The van der Waals surface area contributed by atoms with Gasteiger partial charge in [0.05, 0.1) is 27.6 Å². The molecule has 2 saturated heterocycles. The number of oxime groups is 1. The van der Waals surface area contributed by atoms with Gasteiger partial charge < -0.3 is 30.8 Å². The number of β-lactam (4-membered cyclic amide) rings is 1. The van der Waals surface area contributed by atoms with E-state index in [1.54, 1.807) is 6.07 Å². The molecule has 4 N–H and O–H groups in total. The number of nitrogens with zero attached hydrogens (tertiary/aromatic N) is 5. The van der Waals surface area contributed by atoms with Crippen LogP contribution in [0.1, 0.15) is 26.2 Å².